The molecule has 2 bridgehead atoms. The Hall–Kier alpha value is -2.47. The van der Waals surface area contributed by atoms with Gasteiger partial charge >= 0.3 is 0 Å². The van der Waals surface area contributed by atoms with Crippen LogP contribution in [0.3, 0.4) is 0 Å². The van der Waals surface area contributed by atoms with Crippen molar-refractivity contribution >= 4 is 5.91 Å². The van der Waals surface area contributed by atoms with E-state index < -0.39 is 0 Å². The lowest BCUT2D eigenvalue weighted by Gasteiger charge is -2.57. The third kappa shape index (κ3) is 3.69. The van der Waals surface area contributed by atoms with Crippen LogP contribution in [0.25, 0.3) is 0 Å². The summed E-state index contributed by atoms with van der Waals surface area (Å²) < 4.78 is 5.45. The van der Waals surface area contributed by atoms with Gasteiger partial charge in [-0.1, -0.05) is 18.6 Å². The number of carbonyl (C=O) groups excluding carboxylic acids is 1. The number of likely N-dealkylation sites (tertiary alicyclic amines) is 1. The Balaban J connectivity index is 1.41. The van der Waals surface area contributed by atoms with Gasteiger partial charge in [-0.2, -0.15) is 0 Å². The molecule has 1 aromatic carbocycles. The number of fused-ring (bicyclic) bond motifs is 4. The third-order valence-corrected chi connectivity index (χ3v) is 7.30. The van der Waals surface area contributed by atoms with Crippen LogP contribution in [0.4, 0.5) is 0 Å². The molecular weight excluding hydrogens is 376 g/mol. The van der Waals surface area contributed by atoms with Gasteiger partial charge in [0, 0.05) is 37.6 Å². The van der Waals surface area contributed by atoms with E-state index in [1.54, 1.807) is 19.5 Å². The SMILES string of the molecule is COc1cccc(C[C@H]2[C@H]3C[C@H](CN(C(=O)c4cncnc4)C3)[C@@H]3CCCCN32)c1. The van der Waals surface area contributed by atoms with E-state index in [0.717, 1.165) is 25.3 Å². The van der Waals surface area contributed by atoms with Crippen molar-refractivity contribution in [2.45, 2.75) is 44.2 Å². The molecule has 0 radical (unpaired) electrons. The Morgan fingerprint density at radius 2 is 2.00 bits per heavy atom. The number of piperidine rings is 3. The molecule has 3 fully saturated rings. The number of nitrogens with zero attached hydrogens (tertiary/aromatic N) is 4. The topological polar surface area (TPSA) is 58.6 Å². The molecular formula is C24H30N4O2. The maximum Gasteiger partial charge on any atom is 0.257 e. The number of hydrogen-bond acceptors (Lipinski definition) is 5. The molecule has 0 spiro atoms. The highest BCUT2D eigenvalue weighted by atomic mass is 16.5. The van der Waals surface area contributed by atoms with E-state index in [1.165, 1.54) is 44.1 Å². The molecule has 1 aromatic heterocycles. The monoisotopic (exact) mass is 406 g/mol. The summed E-state index contributed by atoms with van der Waals surface area (Å²) in [6.45, 7) is 2.87. The van der Waals surface area contributed by atoms with Crippen molar-refractivity contribution in [1.82, 2.24) is 19.8 Å². The number of amides is 1. The minimum absolute atomic E-state index is 0.0784. The molecule has 2 aromatic rings. The molecule has 0 unspecified atom stereocenters. The molecule has 3 aliphatic rings. The van der Waals surface area contributed by atoms with E-state index in [4.69, 9.17) is 4.74 Å². The summed E-state index contributed by atoms with van der Waals surface area (Å²) in [4.78, 5) is 26.1. The molecule has 6 nitrogen and oxygen atoms in total. The first-order chi connectivity index (χ1) is 14.7. The lowest BCUT2D eigenvalue weighted by atomic mass is 9.71. The molecule has 30 heavy (non-hydrogen) atoms. The lowest BCUT2D eigenvalue weighted by molar-refractivity contribution is -0.0642. The second kappa shape index (κ2) is 8.34. The van der Waals surface area contributed by atoms with Gasteiger partial charge in [-0.3, -0.25) is 9.69 Å². The number of ether oxygens (including phenoxy) is 1. The van der Waals surface area contributed by atoms with Crippen molar-refractivity contribution in [1.29, 1.82) is 0 Å². The highest BCUT2D eigenvalue weighted by molar-refractivity contribution is 5.93. The van der Waals surface area contributed by atoms with Crippen molar-refractivity contribution in [2.24, 2.45) is 11.8 Å². The number of rotatable bonds is 4. The normalized spacial score (nSPS) is 28.6. The lowest BCUT2D eigenvalue weighted by Crippen LogP contribution is -2.64. The van der Waals surface area contributed by atoms with Gasteiger partial charge in [0.15, 0.2) is 0 Å². The first-order valence-electron chi connectivity index (χ1n) is 11.2. The molecule has 6 heteroatoms. The predicted octanol–water partition coefficient (Wildman–Crippen LogP) is 3.04. The highest BCUT2D eigenvalue weighted by Crippen LogP contribution is 2.42. The van der Waals surface area contributed by atoms with Crippen LogP contribution in [0.5, 0.6) is 5.75 Å². The zero-order chi connectivity index (χ0) is 20.5. The van der Waals surface area contributed by atoms with E-state index in [-0.39, 0.29) is 5.91 Å². The molecule has 3 saturated heterocycles. The first-order valence-corrected chi connectivity index (χ1v) is 11.2. The van der Waals surface area contributed by atoms with Crippen molar-refractivity contribution in [2.75, 3.05) is 26.7 Å². The van der Waals surface area contributed by atoms with E-state index in [1.807, 2.05) is 6.07 Å². The van der Waals surface area contributed by atoms with Crippen molar-refractivity contribution < 1.29 is 9.53 Å². The largest absolute Gasteiger partial charge is 0.497 e. The van der Waals surface area contributed by atoms with Gasteiger partial charge in [-0.25, -0.2) is 9.97 Å². The third-order valence-electron chi connectivity index (χ3n) is 7.30. The second-order valence-corrected chi connectivity index (χ2v) is 9.02. The minimum atomic E-state index is 0.0784. The van der Waals surface area contributed by atoms with Gasteiger partial charge in [0.05, 0.1) is 12.7 Å². The molecule has 3 aliphatic heterocycles. The Bertz CT molecular complexity index is 890. The van der Waals surface area contributed by atoms with Gasteiger partial charge in [0.2, 0.25) is 0 Å². The highest BCUT2D eigenvalue weighted by Gasteiger charge is 2.47. The smallest absolute Gasteiger partial charge is 0.257 e. The maximum absolute atomic E-state index is 13.2. The van der Waals surface area contributed by atoms with E-state index in [9.17, 15) is 4.79 Å². The summed E-state index contributed by atoms with van der Waals surface area (Å²) in [5, 5.41) is 0. The minimum Gasteiger partial charge on any atom is -0.497 e. The summed E-state index contributed by atoms with van der Waals surface area (Å²) >= 11 is 0. The van der Waals surface area contributed by atoms with Gasteiger partial charge in [0.25, 0.3) is 5.91 Å². The van der Waals surface area contributed by atoms with E-state index >= 15 is 0 Å². The van der Waals surface area contributed by atoms with Crippen LogP contribution in [0.15, 0.2) is 43.0 Å². The predicted molar refractivity (Wildman–Crippen MR) is 114 cm³/mol. The van der Waals surface area contributed by atoms with Crippen LogP contribution in [0.1, 0.15) is 41.6 Å². The standard InChI is InChI=1S/C24H30N4O2/c1-30-21-6-4-5-17(9-21)10-23-19-11-18(22-7-2-3-8-28(22)23)14-27(15-19)24(29)20-12-25-16-26-13-20/h4-6,9,12-13,16,18-19,22-23H,2-3,7-8,10-11,14-15H2,1H3/t18-,19+,22+,23+/m1/s1. The number of hydrogen-bond donors (Lipinski definition) is 0. The fourth-order valence-electron chi connectivity index (χ4n) is 5.99. The Morgan fingerprint density at radius 3 is 2.83 bits per heavy atom. The molecule has 158 valence electrons. The molecule has 4 heterocycles. The Morgan fingerprint density at radius 1 is 1.17 bits per heavy atom. The molecule has 0 aliphatic carbocycles. The summed E-state index contributed by atoms with van der Waals surface area (Å²) in [6, 6.07) is 9.53. The fourth-order valence-corrected chi connectivity index (χ4v) is 5.99. The van der Waals surface area contributed by atoms with Crippen LogP contribution in [0.2, 0.25) is 0 Å². The molecule has 4 atom stereocenters. The summed E-state index contributed by atoms with van der Waals surface area (Å²) in [5.41, 5.74) is 1.92. The van der Waals surface area contributed by atoms with Crippen LogP contribution >= 0.6 is 0 Å². The number of methoxy groups -OCH3 is 1. The van der Waals surface area contributed by atoms with Crippen molar-refractivity contribution in [3.05, 3.63) is 54.1 Å². The number of carbonyl (C=O) groups is 1. The van der Waals surface area contributed by atoms with Crippen molar-refractivity contribution in [3.8, 4) is 5.75 Å². The Labute approximate surface area is 178 Å². The van der Waals surface area contributed by atoms with Crippen LogP contribution in [-0.4, -0.2) is 64.5 Å². The second-order valence-electron chi connectivity index (χ2n) is 9.02. The molecule has 0 saturated carbocycles. The van der Waals surface area contributed by atoms with Gasteiger partial charge < -0.3 is 9.64 Å². The number of benzene rings is 1. The van der Waals surface area contributed by atoms with Gasteiger partial charge in [-0.05, 0) is 61.8 Å². The van der Waals surface area contributed by atoms with E-state index in [2.05, 4.69) is 38.0 Å². The average Bonchev–Trinajstić information content (AvgIpc) is 2.82. The zero-order valence-electron chi connectivity index (χ0n) is 17.6. The zero-order valence-corrected chi connectivity index (χ0v) is 17.6. The van der Waals surface area contributed by atoms with Gasteiger partial charge in [-0.15, -0.1) is 0 Å². The van der Waals surface area contributed by atoms with E-state index in [0.29, 0.717) is 29.5 Å². The summed E-state index contributed by atoms with van der Waals surface area (Å²) in [6.07, 6.45) is 10.8. The van der Waals surface area contributed by atoms with Gasteiger partial charge in [0.1, 0.15) is 12.1 Å². The molecule has 5 rings (SSSR count). The summed E-state index contributed by atoms with van der Waals surface area (Å²) in [7, 11) is 1.73. The summed E-state index contributed by atoms with van der Waals surface area (Å²) in [5.74, 6) is 2.06. The average molecular weight is 407 g/mol. The fraction of sp³-hybridized carbons (Fsp3) is 0.542. The van der Waals surface area contributed by atoms with Crippen LogP contribution < -0.4 is 4.74 Å². The van der Waals surface area contributed by atoms with Crippen LogP contribution in [0, 0.1) is 11.8 Å². The molecule has 0 N–H and O–H groups in total. The molecule has 1 amide bonds. The van der Waals surface area contributed by atoms with Crippen molar-refractivity contribution in [3.63, 3.8) is 0 Å². The quantitative estimate of drug-likeness (QED) is 0.781. The maximum atomic E-state index is 13.2. The Kier molecular flexibility index (Phi) is 5.42. The number of aromatic nitrogens is 2. The first kappa shape index (κ1) is 19.5. The van der Waals surface area contributed by atoms with Crippen LogP contribution in [-0.2, 0) is 6.42 Å².